The summed E-state index contributed by atoms with van der Waals surface area (Å²) in [5.41, 5.74) is 1.11. The van der Waals surface area contributed by atoms with Crippen LogP contribution in [0.1, 0.15) is 18.4 Å². The van der Waals surface area contributed by atoms with Gasteiger partial charge in [0.05, 0.1) is 12.7 Å². The highest BCUT2D eigenvalue weighted by molar-refractivity contribution is 5.80. The molecule has 1 aromatic carbocycles. The van der Waals surface area contributed by atoms with Crippen LogP contribution in [0.15, 0.2) is 29.3 Å². The largest absolute Gasteiger partial charge is 0.375 e. The third-order valence-corrected chi connectivity index (χ3v) is 4.59. The number of nitrogens with one attached hydrogen (secondary N) is 1. The number of guanidine groups is 1. The van der Waals surface area contributed by atoms with Gasteiger partial charge in [-0.05, 0) is 37.0 Å². The molecule has 0 saturated carbocycles. The Bertz CT molecular complexity index is 544. The molecular weight excluding hydrogens is 309 g/mol. The lowest BCUT2D eigenvalue weighted by Gasteiger charge is -2.37. The van der Waals surface area contributed by atoms with E-state index in [0.29, 0.717) is 6.61 Å². The predicted molar refractivity (Wildman–Crippen MR) is 91.8 cm³/mol. The monoisotopic (exact) mass is 335 g/mol. The molecule has 0 spiro atoms. The molecule has 2 aliphatic heterocycles. The van der Waals surface area contributed by atoms with E-state index in [1.165, 1.54) is 12.1 Å². The smallest absolute Gasteiger partial charge is 0.193 e. The summed E-state index contributed by atoms with van der Waals surface area (Å²) in [5.74, 6) is 0.694. The summed E-state index contributed by atoms with van der Waals surface area (Å²) in [7, 11) is 1.80. The van der Waals surface area contributed by atoms with E-state index >= 15 is 0 Å². The maximum absolute atomic E-state index is 12.9. The maximum atomic E-state index is 12.9. The standard InChI is InChI=1S/C18H26FN3O2/c1-20-18(21-9-8-14-4-6-15(19)7-5-14)22-10-12-24-17(13-22)16-3-2-11-23-16/h4-7,16-17H,2-3,8-13H2,1H3,(H,20,21). The van der Waals surface area contributed by atoms with Crippen molar-refractivity contribution < 1.29 is 13.9 Å². The van der Waals surface area contributed by atoms with Crippen LogP contribution in [0.4, 0.5) is 4.39 Å². The molecule has 2 fully saturated rings. The highest BCUT2D eigenvalue weighted by Gasteiger charge is 2.32. The van der Waals surface area contributed by atoms with Gasteiger partial charge in [0.15, 0.2) is 5.96 Å². The van der Waals surface area contributed by atoms with Crippen molar-refractivity contribution in [3.63, 3.8) is 0 Å². The van der Waals surface area contributed by atoms with Gasteiger partial charge in [0.25, 0.3) is 0 Å². The minimum absolute atomic E-state index is 0.122. The normalized spacial score (nSPS) is 25.1. The van der Waals surface area contributed by atoms with Gasteiger partial charge in [-0.1, -0.05) is 12.1 Å². The molecule has 0 bridgehead atoms. The van der Waals surface area contributed by atoms with Gasteiger partial charge in [-0.25, -0.2) is 4.39 Å². The second-order valence-corrected chi connectivity index (χ2v) is 6.26. The van der Waals surface area contributed by atoms with Crippen LogP contribution in [0.5, 0.6) is 0 Å². The molecule has 2 atom stereocenters. The van der Waals surface area contributed by atoms with Crippen molar-refractivity contribution in [3.8, 4) is 0 Å². The summed E-state index contributed by atoms with van der Waals surface area (Å²) in [4.78, 5) is 6.63. The van der Waals surface area contributed by atoms with Crippen molar-refractivity contribution >= 4 is 5.96 Å². The van der Waals surface area contributed by atoms with Gasteiger partial charge < -0.3 is 19.7 Å². The number of nitrogens with zero attached hydrogens (tertiary/aromatic N) is 2. The molecule has 6 heteroatoms. The first-order chi connectivity index (χ1) is 11.8. The summed E-state index contributed by atoms with van der Waals surface area (Å²) in [6, 6.07) is 6.64. The van der Waals surface area contributed by atoms with Crippen LogP contribution in [-0.4, -0.2) is 63.0 Å². The van der Waals surface area contributed by atoms with Gasteiger partial charge in [-0.2, -0.15) is 0 Å². The molecule has 1 aromatic rings. The average molecular weight is 335 g/mol. The van der Waals surface area contributed by atoms with Gasteiger partial charge in [0, 0.05) is 33.3 Å². The Hall–Kier alpha value is -1.66. The quantitative estimate of drug-likeness (QED) is 0.673. The number of aliphatic imine (C=N–C) groups is 1. The Balaban J connectivity index is 1.49. The molecule has 3 rings (SSSR count). The van der Waals surface area contributed by atoms with Gasteiger partial charge >= 0.3 is 0 Å². The molecule has 5 nitrogen and oxygen atoms in total. The van der Waals surface area contributed by atoms with E-state index in [1.807, 2.05) is 12.1 Å². The Labute approximate surface area is 142 Å². The van der Waals surface area contributed by atoms with Gasteiger partial charge in [0.2, 0.25) is 0 Å². The molecule has 1 N–H and O–H groups in total. The molecule has 0 amide bonds. The molecule has 0 aliphatic carbocycles. The van der Waals surface area contributed by atoms with E-state index in [-0.39, 0.29) is 18.0 Å². The summed E-state index contributed by atoms with van der Waals surface area (Å²) in [5, 5.41) is 3.40. The highest BCUT2D eigenvalue weighted by atomic mass is 19.1. The Morgan fingerprint density at radius 2 is 2.04 bits per heavy atom. The zero-order valence-electron chi connectivity index (χ0n) is 14.2. The molecular formula is C18H26FN3O2. The fourth-order valence-electron chi connectivity index (χ4n) is 3.29. The fourth-order valence-corrected chi connectivity index (χ4v) is 3.29. The van der Waals surface area contributed by atoms with E-state index in [4.69, 9.17) is 9.47 Å². The van der Waals surface area contributed by atoms with Crippen LogP contribution in [0.25, 0.3) is 0 Å². The second-order valence-electron chi connectivity index (χ2n) is 6.26. The summed E-state index contributed by atoms with van der Waals surface area (Å²) in [6.45, 7) is 3.94. The molecule has 2 aliphatic rings. The second kappa shape index (κ2) is 8.44. The highest BCUT2D eigenvalue weighted by Crippen LogP contribution is 2.21. The minimum Gasteiger partial charge on any atom is -0.375 e. The van der Waals surface area contributed by atoms with Gasteiger partial charge in [0.1, 0.15) is 11.9 Å². The third-order valence-electron chi connectivity index (χ3n) is 4.59. The molecule has 2 saturated heterocycles. The number of ether oxygens (including phenoxy) is 2. The molecule has 0 aromatic heterocycles. The van der Waals surface area contributed by atoms with Crippen molar-refractivity contribution in [1.82, 2.24) is 10.2 Å². The Kier molecular flexibility index (Phi) is 6.04. The summed E-state index contributed by atoms with van der Waals surface area (Å²) >= 11 is 0. The number of halogens is 1. The lowest BCUT2D eigenvalue weighted by molar-refractivity contribution is -0.0816. The van der Waals surface area contributed by atoms with Crippen LogP contribution in [0.2, 0.25) is 0 Å². The molecule has 132 valence electrons. The van der Waals surface area contributed by atoms with Crippen molar-refractivity contribution in [2.75, 3.05) is 39.9 Å². The van der Waals surface area contributed by atoms with E-state index in [1.54, 1.807) is 7.05 Å². The van der Waals surface area contributed by atoms with Crippen LogP contribution in [0.3, 0.4) is 0 Å². The van der Waals surface area contributed by atoms with Crippen LogP contribution < -0.4 is 5.32 Å². The lowest BCUT2D eigenvalue weighted by Crippen LogP contribution is -2.53. The Morgan fingerprint density at radius 1 is 1.25 bits per heavy atom. The Morgan fingerprint density at radius 3 is 2.75 bits per heavy atom. The third kappa shape index (κ3) is 4.45. The van der Waals surface area contributed by atoms with Crippen molar-refractivity contribution in [2.45, 2.75) is 31.5 Å². The van der Waals surface area contributed by atoms with Gasteiger partial charge in [-0.3, -0.25) is 4.99 Å². The van der Waals surface area contributed by atoms with Crippen molar-refractivity contribution in [1.29, 1.82) is 0 Å². The topological polar surface area (TPSA) is 46.1 Å². The van der Waals surface area contributed by atoms with Gasteiger partial charge in [-0.15, -0.1) is 0 Å². The first-order valence-corrected chi connectivity index (χ1v) is 8.69. The van der Waals surface area contributed by atoms with Crippen molar-refractivity contribution in [3.05, 3.63) is 35.6 Å². The SMILES string of the molecule is CN=C(NCCc1ccc(F)cc1)N1CCOC(C2CCCO2)C1. The molecule has 24 heavy (non-hydrogen) atoms. The lowest BCUT2D eigenvalue weighted by atomic mass is 10.1. The number of morpholine rings is 1. The summed E-state index contributed by atoms with van der Waals surface area (Å²) in [6.07, 6.45) is 3.37. The number of benzene rings is 1. The van der Waals surface area contributed by atoms with E-state index in [0.717, 1.165) is 57.0 Å². The fraction of sp³-hybridized carbons (Fsp3) is 0.611. The average Bonchev–Trinajstić information content (AvgIpc) is 3.15. The van der Waals surface area contributed by atoms with Crippen LogP contribution >= 0.6 is 0 Å². The zero-order valence-corrected chi connectivity index (χ0v) is 14.2. The zero-order chi connectivity index (χ0) is 16.8. The maximum Gasteiger partial charge on any atom is 0.193 e. The molecule has 0 radical (unpaired) electrons. The molecule has 2 unspecified atom stereocenters. The van der Waals surface area contributed by atoms with Crippen LogP contribution in [-0.2, 0) is 15.9 Å². The van der Waals surface area contributed by atoms with E-state index in [2.05, 4.69) is 15.2 Å². The molecule has 2 heterocycles. The van der Waals surface area contributed by atoms with Crippen molar-refractivity contribution in [2.24, 2.45) is 4.99 Å². The van der Waals surface area contributed by atoms with Crippen LogP contribution in [0, 0.1) is 5.82 Å². The first kappa shape index (κ1) is 17.2. The van der Waals surface area contributed by atoms with E-state index < -0.39 is 0 Å². The van der Waals surface area contributed by atoms with E-state index in [9.17, 15) is 4.39 Å². The predicted octanol–water partition coefficient (Wildman–Crippen LogP) is 1.82. The number of rotatable bonds is 4. The number of hydrogen-bond donors (Lipinski definition) is 1. The first-order valence-electron chi connectivity index (χ1n) is 8.69. The minimum atomic E-state index is -0.198. The number of hydrogen-bond acceptors (Lipinski definition) is 3. The summed E-state index contributed by atoms with van der Waals surface area (Å²) < 4.78 is 24.6.